The minimum atomic E-state index is -0.305. The van der Waals surface area contributed by atoms with Crippen LogP contribution in [0.1, 0.15) is 12.8 Å². The van der Waals surface area contributed by atoms with Crippen LogP contribution < -0.4 is 14.7 Å². The number of ether oxygens (including phenoxy) is 1. The van der Waals surface area contributed by atoms with Gasteiger partial charge in [0.25, 0.3) is 0 Å². The zero-order valence-electron chi connectivity index (χ0n) is 15.6. The van der Waals surface area contributed by atoms with Gasteiger partial charge in [-0.25, -0.2) is 14.4 Å². The Bertz CT molecular complexity index is 752. The van der Waals surface area contributed by atoms with Crippen LogP contribution in [-0.4, -0.2) is 67.4 Å². The zero-order chi connectivity index (χ0) is 18.6. The highest BCUT2D eigenvalue weighted by atomic mass is 19.1. The van der Waals surface area contributed by atoms with E-state index in [1.807, 2.05) is 12.3 Å². The average molecular weight is 372 g/mol. The first-order valence-corrected chi connectivity index (χ1v) is 9.46. The van der Waals surface area contributed by atoms with Crippen LogP contribution in [0, 0.1) is 5.82 Å². The largest absolute Gasteiger partial charge is 0.378 e. The quantitative estimate of drug-likeness (QED) is 0.813. The van der Waals surface area contributed by atoms with Gasteiger partial charge in [0.1, 0.15) is 17.5 Å². The number of rotatable bonds is 4. The Balaban J connectivity index is 1.47. The van der Waals surface area contributed by atoms with Crippen molar-refractivity contribution in [3.8, 4) is 0 Å². The summed E-state index contributed by atoms with van der Waals surface area (Å²) < 4.78 is 18.6. The summed E-state index contributed by atoms with van der Waals surface area (Å²) in [5.41, 5.74) is 0. The van der Waals surface area contributed by atoms with Gasteiger partial charge in [0.2, 0.25) is 5.95 Å². The van der Waals surface area contributed by atoms with E-state index in [1.54, 1.807) is 6.07 Å². The summed E-state index contributed by atoms with van der Waals surface area (Å²) in [4.78, 5) is 20.1. The first-order chi connectivity index (χ1) is 13.2. The molecule has 8 heteroatoms. The summed E-state index contributed by atoms with van der Waals surface area (Å²) in [6.45, 7) is 4.84. The normalized spacial score (nSPS) is 20.6. The predicted molar refractivity (Wildman–Crippen MR) is 103 cm³/mol. The lowest BCUT2D eigenvalue weighted by atomic mass is 10.0. The van der Waals surface area contributed by atoms with Crippen LogP contribution in [-0.2, 0) is 4.74 Å². The van der Waals surface area contributed by atoms with Crippen molar-refractivity contribution in [3.05, 3.63) is 36.4 Å². The molecule has 27 heavy (non-hydrogen) atoms. The fourth-order valence-electron chi connectivity index (χ4n) is 3.67. The number of likely N-dealkylation sites (N-methyl/N-ethyl adjacent to an activating group) is 1. The van der Waals surface area contributed by atoms with Gasteiger partial charge in [-0.1, -0.05) is 0 Å². The van der Waals surface area contributed by atoms with E-state index in [0.29, 0.717) is 19.3 Å². The van der Waals surface area contributed by atoms with E-state index in [9.17, 15) is 4.39 Å². The van der Waals surface area contributed by atoms with E-state index in [1.165, 1.54) is 12.3 Å². The topological polar surface area (TPSA) is 57.6 Å². The highest BCUT2D eigenvalue weighted by Crippen LogP contribution is 2.24. The number of hydrogen-bond donors (Lipinski definition) is 0. The van der Waals surface area contributed by atoms with Gasteiger partial charge in [0.05, 0.1) is 19.4 Å². The van der Waals surface area contributed by atoms with Gasteiger partial charge in [-0.2, -0.15) is 4.98 Å². The average Bonchev–Trinajstić information content (AvgIpc) is 2.74. The van der Waals surface area contributed by atoms with Crippen LogP contribution in [0.4, 0.5) is 22.0 Å². The van der Waals surface area contributed by atoms with Crippen molar-refractivity contribution in [3.63, 3.8) is 0 Å². The van der Waals surface area contributed by atoms with Gasteiger partial charge in [-0.05, 0) is 31.0 Å². The summed E-state index contributed by atoms with van der Waals surface area (Å²) in [6.07, 6.45) is 5.26. The molecule has 144 valence electrons. The van der Waals surface area contributed by atoms with Crippen molar-refractivity contribution >= 4 is 17.6 Å². The van der Waals surface area contributed by atoms with Crippen molar-refractivity contribution in [2.75, 3.05) is 61.1 Å². The Kier molecular flexibility index (Phi) is 5.33. The van der Waals surface area contributed by atoms with Gasteiger partial charge in [0.15, 0.2) is 0 Å². The first-order valence-electron chi connectivity index (χ1n) is 9.46. The van der Waals surface area contributed by atoms with Gasteiger partial charge < -0.3 is 19.4 Å². The van der Waals surface area contributed by atoms with Gasteiger partial charge in [0, 0.05) is 45.5 Å². The highest BCUT2D eigenvalue weighted by Gasteiger charge is 2.25. The van der Waals surface area contributed by atoms with Crippen LogP contribution in [0.25, 0.3) is 0 Å². The Hall–Kier alpha value is -2.48. The van der Waals surface area contributed by atoms with Crippen molar-refractivity contribution in [1.82, 2.24) is 15.0 Å². The molecule has 1 unspecified atom stereocenters. The molecule has 0 N–H and O–H groups in total. The van der Waals surface area contributed by atoms with Gasteiger partial charge in [-0.15, -0.1) is 0 Å². The summed E-state index contributed by atoms with van der Waals surface area (Å²) in [5.74, 6) is 2.20. The van der Waals surface area contributed by atoms with Crippen LogP contribution >= 0.6 is 0 Å². The molecule has 2 aromatic heterocycles. The van der Waals surface area contributed by atoms with Crippen LogP contribution in [0.15, 0.2) is 30.6 Å². The van der Waals surface area contributed by atoms with Crippen LogP contribution in [0.2, 0.25) is 0 Å². The zero-order valence-corrected chi connectivity index (χ0v) is 15.6. The lowest BCUT2D eigenvalue weighted by molar-refractivity contribution is 0.122. The summed E-state index contributed by atoms with van der Waals surface area (Å²) in [6, 6.07) is 5.49. The molecule has 4 heterocycles. The molecule has 0 spiro atoms. The fourth-order valence-corrected chi connectivity index (χ4v) is 3.67. The molecule has 2 aliphatic rings. The van der Waals surface area contributed by atoms with Crippen molar-refractivity contribution < 1.29 is 9.13 Å². The lowest BCUT2D eigenvalue weighted by Crippen LogP contribution is -2.47. The molecular formula is C19H25FN6O. The maximum atomic E-state index is 13.2. The lowest BCUT2D eigenvalue weighted by Gasteiger charge is -2.39. The number of halogens is 1. The third-order valence-electron chi connectivity index (χ3n) is 5.26. The Morgan fingerprint density at radius 3 is 2.74 bits per heavy atom. The second-order valence-electron chi connectivity index (χ2n) is 7.00. The second-order valence-corrected chi connectivity index (χ2v) is 7.00. The van der Waals surface area contributed by atoms with E-state index in [-0.39, 0.29) is 5.82 Å². The minimum absolute atomic E-state index is 0.305. The van der Waals surface area contributed by atoms with Crippen LogP contribution in [0.5, 0.6) is 0 Å². The third-order valence-corrected chi connectivity index (χ3v) is 5.26. The van der Waals surface area contributed by atoms with E-state index in [2.05, 4.69) is 31.7 Å². The molecule has 0 amide bonds. The molecule has 2 aromatic rings. The number of pyridine rings is 1. The number of aromatic nitrogens is 3. The molecule has 0 bridgehead atoms. The Labute approximate surface area is 158 Å². The molecule has 7 nitrogen and oxygen atoms in total. The van der Waals surface area contributed by atoms with E-state index in [4.69, 9.17) is 9.72 Å². The number of hydrogen-bond acceptors (Lipinski definition) is 7. The minimum Gasteiger partial charge on any atom is -0.378 e. The number of nitrogens with zero attached hydrogens (tertiary/aromatic N) is 6. The maximum Gasteiger partial charge on any atom is 0.227 e. The molecule has 1 atom stereocenters. The fraction of sp³-hybridized carbons (Fsp3) is 0.526. The smallest absolute Gasteiger partial charge is 0.227 e. The molecule has 2 aliphatic heterocycles. The number of piperidine rings is 1. The molecule has 2 saturated heterocycles. The molecule has 0 saturated carbocycles. The summed E-state index contributed by atoms with van der Waals surface area (Å²) in [7, 11) is 2.08. The number of anilines is 3. The SMILES string of the molecule is CN(c1ccnc(N2CCOCC2)n1)C1CCCN(c2ccc(F)cn2)C1. The van der Waals surface area contributed by atoms with Crippen LogP contribution in [0.3, 0.4) is 0 Å². The molecule has 0 aromatic carbocycles. The standard InChI is InChI=1S/C19H25FN6O/c1-24(18-6-7-21-19(23-18)25-9-11-27-12-10-25)16-3-2-8-26(14-16)17-5-4-15(20)13-22-17/h4-7,13,16H,2-3,8-12,14H2,1H3. The highest BCUT2D eigenvalue weighted by molar-refractivity contribution is 5.46. The molecular weight excluding hydrogens is 347 g/mol. The monoisotopic (exact) mass is 372 g/mol. The summed E-state index contributed by atoms with van der Waals surface area (Å²) >= 11 is 0. The second kappa shape index (κ2) is 8.04. The predicted octanol–water partition coefficient (Wildman–Crippen LogP) is 1.95. The van der Waals surface area contributed by atoms with Crippen molar-refractivity contribution in [1.29, 1.82) is 0 Å². The van der Waals surface area contributed by atoms with Gasteiger partial charge >= 0.3 is 0 Å². The van der Waals surface area contributed by atoms with E-state index < -0.39 is 0 Å². The molecule has 2 fully saturated rings. The maximum absolute atomic E-state index is 13.2. The van der Waals surface area contributed by atoms with E-state index in [0.717, 1.165) is 56.6 Å². The summed E-state index contributed by atoms with van der Waals surface area (Å²) in [5, 5.41) is 0. The van der Waals surface area contributed by atoms with Crippen molar-refractivity contribution in [2.24, 2.45) is 0 Å². The Morgan fingerprint density at radius 1 is 1.11 bits per heavy atom. The van der Waals surface area contributed by atoms with Gasteiger partial charge in [-0.3, -0.25) is 0 Å². The van der Waals surface area contributed by atoms with E-state index >= 15 is 0 Å². The third kappa shape index (κ3) is 4.10. The Morgan fingerprint density at radius 2 is 1.96 bits per heavy atom. The first kappa shape index (κ1) is 17.9. The molecule has 0 aliphatic carbocycles. The van der Waals surface area contributed by atoms with Crippen molar-refractivity contribution in [2.45, 2.75) is 18.9 Å². The molecule has 4 rings (SSSR count). The number of morpholine rings is 1. The molecule has 0 radical (unpaired) electrons.